The van der Waals surface area contributed by atoms with E-state index in [1.54, 1.807) is 0 Å². The van der Waals surface area contributed by atoms with Gasteiger partial charge in [-0.25, -0.2) is 0 Å². The molecule has 0 amide bonds. The number of hydrogen-bond acceptors (Lipinski definition) is 2. The molecule has 1 fully saturated rings. The summed E-state index contributed by atoms with van der Waals surface area (Å²) in [6, 6.07) is 19.9. The molecule has 0 bridgehead atoms. The van der Waals surface area contributed by atoms with Crippen molar-refractivity contribution < 1.29 is 5.11 Å². The van der Waals surface area contributed by atoms with Crippen molar-refractivity contribution in [3.63, 3.8) is 0 Å². The van der Waals surface area contributed by atoms with Crippen LogP contribution in [0.3, 0.4) is 0 Å². The van der Waals surface area contributed by atoms with Crippen LogP contribution in [0.4, 0.5) is 0 Å². The molecule has 0 aromatic heterocycles. The Hall–Kier alpha value is -1.80. The molecule has 2 heteroatoms. The third-order valence-electron chi connectivity index (χ3n) is 6.04. The molecule has 1 N–H and O–H groups in total. The Morgan fingerprint density at radius 1 is 0.960 bits per heavy atom. The van der Waals surface area contributed by atoms with Gasteiger partial charge < -0.3 is 10.0 Å². The van der Waals surface area contributed by atoms with Crippen LogP contribution in [0.5, 0.6) is 5.75 Å². The van der Waals surface area contributed by atoms with Crippen molar-refractivity contribution in [2.75, 3.05) is 7.05 Å². The number of aryl methyl sites for hydroxylation is 1. The average Bonchev–Trinajstić information content (AvgIpc) is 2.67. The first-order chi connectivity index (χ1) is 12.1. The average molecular weight is 338 g/mol. The predicted molar refractivity (Wildman–Crippen MR) is 105 cm³/mol. The second-order valence-electron chi connectivity index (χ2n) is 7.60. The molecule has 1 unspecified atom stereocenters. The van der Waals surface area contributed by atoms with Crippen LogP contribution in [0.15, 0.2) is 54.6 Å². The van der Waals surface area contributed by atoms with Crippen molar-refractivity contribution in [2.24, 2.45) is 0 Å². The van der Waals surface area contributed by atoms with Crippen LogP contribution in [0.2, 0.25) is 0 Å². The Kier molecular flexibility index (Phi) is 6.14. The number of phenols is 1. The quantitative estimate of drug-likeness (QED) is 0.766. The largest absolute Gasteiger partial charge is 0.508 e. The number of para-hydroxylation sites is 1. The molecule has 0 spiro atoms. The van der Waals surface area contributed by atoms with Gasteiger partial charge in [-0.05, 0) is 75.6 Å². The zero-order valence-corrected chi connectivity index (χ0v) is 15.6. The van der Waals surface area contributed by atoms with Gasteiger partial charge in [0.1, 0.15) is 5.75 Å². The minimum atomic E-state index is 0.468. The maximum Gasteiger partial charge on any atom is 0.119 e. The molecule has 0 aliphatic heterocycles. The Bertz CT molecular complexity index is 646. The van der Waals surface area contributed by atoms with Gasteiger partial charge in [-0.1, -0.05) is 48.5 Å². The van der Waals surface area contributed by atoms with E-state index in [0.717, 1.165) is 12.0 Å². The first-order valence-corrected chi connectivity index (χ1v) is 9.69. The zero-order chi connectivity index (χ0) is 17.6. The summed E-state index contributed by atoms with van der Waals surface area (Å²) < 4.78 is 0. The van der Waals surface area contributed by atoms with Crippen LogP contribution in [-0.4, -0.2) is 29.1 Å². The van der Waals surface area contributed by atoms with Crippen molar-refractivity contribution in [3.8, 4) is 5.75 Å². The Morgan fingerprint density at radius 2 is 1.60 bits per heavy atom. The molecule has 1 aliphatic rings. The molecule has 0 radical (unpaired) electrons. The van der Waals surface area contributed by atoms with E-state index in [4.69, 9.17) is 0 Å². The molecule has 3 rings (SSSR count). The number of benzene rings is 2. The van der Waals surface area contributed by atoms with E-state index in [1.807, 2.05) is 18.2 Å². The van der Waals surface area contributed by atoms with Crippen molar-refractivity contribution >= 4 is 0 Å². The van der Waals surface area contributed by atoms with Gasteiger partial charge in [0, 0.05) is 12.1 Å². The number of phenolic OH excluding ortho intramolecular Hbond substituents is 1. The van der Waals surface area contributed by atoms with Gasteiger partial charge in [0.25, 0.3) is 0 Å². The molecule has 0 heterocycles. The lowest BCUT2D eigenvalue weighted by Crippen LogP contribution is -2.40. The summed E-state index contributed by atoms with van der Waals surface area (Å²) in [6.07, 6.45) is 7.17. The highest BCUT2D eigenvalue weighted by molar-refractivity contribution is 5.35. The Morgan fingerprint density at radius 3 is 2.28 bits per heavy atom. The van der Waals surface area contributed by atoms with E-state index in [2.05, 4.69) is 55.3 Å². The first-order valence-electron chi connectivity index (χ1n) is 9.69. The van der Waals surface area contributed by atoms with Gasteiger partial charge in [-0.2, -0.15) is 0 Å². The summed E-state index contributed by atoms with van der Waals surface area (Å²) >= 11 is 0. The second-order valence-corrected chi connectivity index (χ2v) is 7.60. The lowest BCUT2D eigenvalue weighted by atomic mass is 9.80. The van der Waals surface area contributed by atoms with E-state index >= 15 is 0 Å². The van der Waals surface area contributed by atoms with E-state index < -0.39 is 0 Å². The predicted octanol–water partition coefficient (Wildman–Crippen LogP) is 5.37. The van der Waals surface area contributed by atoms with E-state index in [0.29, 0.717) is 23.8 Å². The number of hydrogen-bond donors (Lipinski definition) is 1. The van der Waals surface area contributed by atoms with Crippen LogP contribution in [-0.2, 0) is 6.42 Å². The summed E-state index contributed by atoms with van der Waals surface area (Å²) in [5, 5.41) is 10.1. The monoisotopic (exact) mass is 337 g/mol. The fourth-order valence-electron chi connectivity index (χ4n) is 4.21. The normalized spacial score (nSPS) is 22.0. The number of rotatable bonds is 6. The molecule has 0 saturated heterocycles. The molecule has 2 nitrogen and oxygen atoms in total. The summed E-state index contributed by atoms with van der Waals surface area (Å²) in [6.45, 7) is 2.36. The number of aromatic hydroxyl groups is 1. The lowest BCUT2D eigenvalue weighted by molar-refractivity contribution is 0.134. The van der Waals surface area contributed by atoms with Crippen molar-refractivity contribution in [3.05, 3.63) is 65.7 Å². The van der Waals surface area contributed by atoms with Gasteiger partial charge in [0.05, 0.1) is 0 Å². The highest BCUT2D eigenvalue weighted by atomic mass is 16.3. The van der Waals surface area contributed by atoms with Gasteiger partial charge in [0.15, 0.2) is 0 Å². The van der Waals surface area contributed by atoms with E-state index in [1.165, 1.54) is 37.7 Å². The van der Waals surface area contributed by atoms with E-state index in [9.17, 15) is 5.11 Å². The number of nitrogens with zero attached hydrogens (tertiary/aromatic N) is 1. The Balaban J connectivity index is 1.49. The van der Waals surface area contributed by atoms with Gasteiger partial charge >= 0.3 is 0 Å². The van der Waals surface area contributed by atoms with Crippen molar-refractivity contribution in [1.29, 1.82) is 0 Å². The van der Waals surface area contributed by atoms with Crippen LogP contribution in [0, 0.1) is 0 Å². The topological polar surface area (TPSA) is 23.5 Å². The molecule has 25 heavy (non-hydrogen) atoms. The summed E-state index contributed by atoms with van der Waals surface area (Å²) in [4.78, 5) is 2.59. The van der Waals surface area contributed by atoms with Crippen LogP contribution >= 0.6 is 0 Å². The highest BCUT2D eigenvalue weighted by Gasteiger charge is 2.27. The standard InChI is InChI=1S/C23H31NO/c1-18(12-13-19-8-4-3-5-9-19)24(2)21-16-14-20(15-17-21)22-10-6-7-11-23(22)25/h3-11,18,20-21,25H,12-17H2,1-2H3. The van der Waals surface area contributed by atoms with Crippen molar-refractivity contribution in [1.82, 2.24) is 4.90 Å². The van der Waals surface area contributed by atoms with E-state index in [-0.39, 0.29) is 0 Å². The smallest absolute Gasteiger partial charge is 0.119 e. The zero-order valence-electron chi connectivity index (χ0n) is 15.6. The minimum Gasteiger partial charge on any atom is -0.508 e. The molecule has 2 aromatic carbocycles. The maximum atomic E-state index is 10.1. The SMILES string of the molecule is CC(CCc1ccccc1)N(C)C1CCC(c2ccccc2O)CC1. The molecule has 2 aromatic rings. The van der Waals surface area contributed by atoms with Crippen LogP contribution in [0.25, 0.3) is 0 Å². The van der Waals surface area contributed by atoms with Crippen molar-refractivity contribution in [2.45, 2.75) is 63.5 Å². The molecule has 134 valence electrons. The fraction of sp³-hybridized carbons (Fsp3) is 0.478. The van der Waals surface area contributed by atoms with Gasteiger partial charge in [-0.3, -0.25) is 0 Å². The first kappa shape index (κ1) is 18.0. The Labute approximate surface area is 152 Å². The summed E-state index contributed by atoms with van der Waals surface area (Å²) in [5.74, 6) is 0.987. The second kappa shape index (κ2) is 8.53. The molecule has 1 saturated carbocycles. The van der Waals surface area contributed by atoms with Crippen LogP contribution < -0.4 is 0 Å². The molecular formula is C23H31NO. The van der Waals surface area contributed by atoms with Gasteiger partial charge in [-0.15, -0.1) is 0 Å². The minimum absolute atomic E-state index is 0.468. The molecule has 1 atom stereocenters. The molecular weight excluding hydrogens is 306 g/mol. The fourth-order valence-corrected chi connectivity index (χ4v) is 4.21. The third kappa shape index (κ3) is 4.64. The lowest BCUT2D eigenvalue weighted by Gasteiger charge is -2.38. The summed E-state index contributed by atoms with van der Waals surface area (Å²) in [5.41, 5.74) is 2.58. The van der Waals surface area contributed by atoms with Gasteiger partial charge in [0.2, 0.25) is 0 Å². The summed E-state index contributed by atoms with van der Waals surface area (Å²) in [7, 11) is 2.29. The highest BCUT2D eigenvalue weighted by Crippen LogP contribution is 2.38. The van der Waals surface area contributed by atoms with Crippen LogP contribution in [0.1, 0.15) is 56.1 Å². The molecule has 1 aliphatic carbocycles. The third-order valence-corrected chi connectivity index (χ3v) is 6.04. The maximum absolute atomic E-state index is 10.1.